The van der Waals surface area contributed by atoms with E-state index in [0.717, 1.165) is 53.8 Å². The van der Waals surface area contributed by atoms with Crippen molar-refractivity contribution in [2.45, 2.75) is 120 Å². The van der Waals surface area contributed by atoms with Crippen LogP contribution in [0.1, 0.15) is 114 Å². The maximum absolute atomic E-state index is 13.5. The second-order valence-electron chi connectivity index (χ2n) is 15.7. The summed E-state index contributed by atoms with van der Waals surface area (Å²) in [4.78, 5) is 28.1. The summed E-state index contributed by atoms with van der Waals surface area (Å²) in [6.45, 7) is 23.5. The summed E-state index contributed by atoms with van der Waals surface area (Å²) in [7, 11) is 0. The zero-order chi connectivity index (χ0) is 36.2. The first-order valence-corrected chi connectivity index (χ1v) is 18.4. The van der Waals surface area contributed by atoms with Crippen molar-refractivity contribution in [3.05, 3.63) is 130 Å². The molecule has 1 fully saturated rings. The second kappa shape index (κ2) is 18.4. The van der Waals surface area contributed by atoms with Crippen molar-refractivity contribution in [1.82, 2.24) is 4.90 Å². The molecule has 1 aliphatic heterocycles. The Morgan fingerprint density at radius 1 is 0.612 bits per heavy atom. The molecule has 3 aliphatic rings. The molecule has 0 amide bonds. The molecule has 1 saturated heterocycles. The molecule has 0 radical (unpaired) electrons. The molecule has 0 aromatic carbocycles. The first-order valence-electron chi connectivity index (χ1n) is 18.4. The number of carbonyl (C=O) groups excluding carboxylic acids is 2. The van der Waals surface area contributed by atoms with Gasteiger partial charge in [0, 0.05) is 6.42 Å². The summed E-state index contributed by atoms with van der Waals surface area (Å²) in [6, 6.07) is 0.0284. The number of rotatable bonds is 11. The van der Waals surface area contributed by atoms with Crippen molar-refractivity contribution in [1.29, 1.82) is 0 Å². The van der Waals surface area contributed by atoms with E-state index >= 15 is 0 Å². The average Bonchev–Trinajstić information content (AvgIpc) is 3.32. The summed E-state index contributed by atoms with van der Waals surface area (Å²) in [5, 5.41) is 0. The minimum Gasteiger partial charge on any atom is -0.295 e. The Balaban J connectivity index is 1.54. The number of carbonyl (C=O) groups is 2. The summed E-state index contributed by atoms with van der Waals surface area (Å²) in [6.07, 6.45) is 36.9. The van der Waals surface area contributed by atoms with Gasteiger partial charge in [0.05, 0.1) is 6.04 Å². The van der Waals surface area contributed by atoms with E-state index in [1.165, 1.54) is 42.4 Å². The van der Waals surface area contributed by atoms with Crippen molar-refractivity contribution in [3.63, 3.8) is 0 Å². The van der Waals surface area contributed by atoms with E-state index < -0.39 is 0 Å². The number of ketones is 2. The van der Waals surface area contributed by atoms with Gasteiger partial charge in [0.1, 0.15) is 0 Å². The van der Waals surface area contributed by atoms with Crippen LogP contribution in [0.3, 0.4) is 0 Å². The van der Waals surface area contributed by atoms with Crippen molar-refractivity contribution in [3.8, 4) is 0 Å². The van der Waals surface area contributed by atoms with Gasteiger partial charge >= 0.3 is 0 Å². The Hall–Kier alpha value is -3.56. The Bertz CT molecular complexity index is 1560. The Kier molecular flexibility index (Phi) is 15.0. The van der Waals surface area contributed by atoms with Gasteiger partial charge in [-0.1, -0.05) is 148 Å². The predicted octanol–water partition coefficient (Wildman–Crippen LogP) is 11.8. The van der Waals surface area contributed by atoms with Crippen molar-refractivity contribution >= 4 is 11.6 Å². The van der Waals surface area contributed by atoms with Crippen LogP contribution in [0, 0.1) is 10.8 Å². The molecular weight excluding hydrogens is 599 g/mol. The number of likely N-dealkylation sites (tertiary alicyclic amines) is 1. The quantitative estimate of drug-likeness (QED) is 0.207. The SMILES string of the molecule is CC(C=CC=C(C)C=CC1=C(C)C(=O)CCC1(C)C)=CC=CC=C(C)C=CC=C(C)C=CC1=C(C)C(=O)C(N2CCCCCC2)CC1(C)C. The minimum absolute atomic E-state index is 0.0284. The fourth-order valence-corrected chi connectivity index (χ4v) is 7.15. The molecule has 264 valence electrons. The Morgan fingerprint density at radius 2 is 1.06 bits per heavy atom. The number of hydrogen-bond acceptors (Lipinski definition) is 3. The Labute approximate surface area is 299 Å². The third-order valence-corrected chi connectivity index (χ3v) is 10.4. The van der Waals surface area contributed by atoms with Gasteiger partial charge in [-0.05, 0) is 113 Å². The van der Waals surface area contributed by atoms with E-state index in [1.807, 2.05) is 13.8 Å². The van der Waals surface area contributed by atoms with Crippen LogP contribution in [-0.4, -0.2) is 35.6 Å². The molecule has 3 heteroatoms. The van der Waals surface area contributed by atoms with Crippen LogP contribution >= 0.6 is 0 Å². The molecule has 3 rings (SSSR count). The number of Topliss-reactive ketones (excluding diaryl/α,β-unsaturated/α-hetero) is 2. The van der Waals surface area contributed by atoms with Crippen molar-refractivity contribution in [2.24, 2.45) is 10.8 Å². The molecule has 3 nitrogen and oxygen atoms in total. The van der Waals surface area contributed by atoms with Crippen LogP contribution in [0.2, 0.25) is 0 Å². The van der Waals surface area contributed by atoms with Crippen molar-refractivity contribution in [2.75, 3.05) is 13.1 Å². The second-order valence-corrected chi connectivity index (χ2v) is 15.7. The highest BCUT2D eigenvalue weighted by molar-refractivity contribution is 6.01. The average molecular weight is 662 g/mol. The van der Waals surface area contributed by atoms with Crippen LogP contribution in [0.15, 0.2) is 130 Å². The smallest absolute Gasteiger partial charge is 0.175 e. The highest BCUT2D eigenvalue weighted by Gasteiger charge is 2.40. The molecular formula is C46H63NO2. The minimum atomic E-state index is -0.0320. The monoisotopic (exact) mass is 661 g/mol. The third kappa shape index (κ3) is 12.1. The van der Waals surface area contributed by atoms with Crippen LogP contribution in [0.5, 0.6) is 0 Å². The molecule has 0 spiro atoms. The van der Waals surface area contributed by atoms with E-state index in [2.05, 4.69) is 145 Å². The topological polar surface area (TPSA) is 37.4 Å². The molecule has 49 heavy (non-hydrogen) atoms. The summed E-state index contributed by atoms with van der Waals surface area (Å²) >= 11 is 0. The standard InChI is InChI=1S/C46H63NO2/c1-34(21-17-23-36(3)25-27-40-38(5)43(48)29-30-45(40,7)8)19-13-14-20-35(2)22-18-24-37(4)26-28-41-39(6)44(49)42(33-46(41,9)10)47-31-15-11-12-16-32-47/h13-14,17-28,42H,11-12,15-16,29-33H2,1-10H3. The van der Waals surface area contributed by atoms with Crippen LogP contribution < -0.4 is 0 Å². The maximum Gasteiger partial charge on any atom is 0.175 e. The molecule has 2 aliphatic carbocycles. The van der Waals surface area contributed by atoms with Crippen LogP contribution in [0.4, 0.5) is 0 Å². The fourth-order valence-electron chi connectivity index (χ4n) is 7.15. The van der Waals surface area contributed by atoms with Crippen molar-refractivity contribution < 1.29 is 9.59 Å². The first kappa shape index (κ1) is 39.9. The van der Waals surface area contributed by atoms with Gasteiger partial charge in [0.25, 0.3) is 0 Å². The van der Waals surface area contributed by atoms with Gasteiger partial charge in [-0.15, -0.1) is 0 Å². The normalized spacial score (nSPS) is 24.2. The van der Waals surface area contributed by atoms with Gasteiger partial charge in [0.15, 0.2) is 11.6 Å². The predicted molar refractivity (Wildman–Crippen MR) is 211 cm³/mol. The van der Waals surface area contributed by atoms with E-state index in [0.29, 0.717) is 12.2 Å². The summed E-state index contributed by atoms with van der Waals surface area (Å²) in [5.74, 6) is 0.591. The zero-order valence-corrected chi connectivity index (χ0v) is 32.3. The first-order chi connectivity index (χ1) is 23.1. The maximum atomic E-state index is 13.5. The van der Waals surface area contributed by atoms with E-state index in [9.17, 15) is 9.59 Å². The molecule has 0 aromatic heterocycles. The summed E-state index contributed by atoms with van der Waals surface area (Å²) in [5.41, 5.74) is 8.81. The molecule has 0 bridgehead atoms. The zero-order valence-electron chi connectivity index (χ0n) is 32.3. The number of hydrogen-bond donors (Lipinski definition) is 0. The Morgan fingerprint density at radius 3 is 1.57 bits per heavy atom. The lowest BCUT2D eigenvalue weighted by molar-refractivity contribution is -0.122. The highest BCUT2D eigenvalue weighted by Crippen LogP contribution is 2.42. The molecule has 0 aromatic rings. The van der Waals surface area contributed by atoms with E-state index in [-0.39, 0.29) is 22.7 Å². The van der Waals surface area contributed by atoms with Gasteiger partial charge in [-0.25, -0.2) is 0 Å². The van der Waals surface area contributed by atoms with Gasteiger partial charge in [-0.3, -0.25) is 14.5 Å². The third-order valence-electron chi connectivity index (χ3n) is 10.4. The molecule has 1 unspecified atom stereocenters. The van der Waals surface area contributed by atoms with Gasteiger partial charge in [-0.2, -0.15) is 0 Å². The number of nitrogens with zero attached hydrogens (tertiary/aromatic N) is 1. The molecule has 0 N–H and O–H groups in total. The fraction of sp³-hybridized carbons (Fsp3) is 0.478. The highest BCUT2D eigenvalue weighted by atomic mass is 16.1. The summed E-state index contributed by atoms with van der Waals surface area (Å²) < 4.78 is 0. The van der Waals surface area contributed by atoms with Crippen LogP contribution in [-0.2, 0) is 9.59 Å². The van der Waals surface area contributed by atoms with Gasteiger partial charge in [0.2, 0.25) is 0 Å². The molecule has 0 saturated carbocycles. The van der Waals surface area contributed by atoms with E-state index in [1.54, 1.807) is 0 Å². The number of allylic oxidation sites excluding steroid dienone is 21. The lowest BCUT2D eigenvalue weighted by Gasteiger charge is -2.41. The lowest BCUT2D eigenvalue weighted by atomic mass is 9.69. The van der Waals surface area contributed by atoms with Gasteiger partial charge < -0.3 is 0 Å². The largest absolute Gasteiger partial charge is 0.295 e. The molecule has 1 heterocycles. The van der Waals surface area contributed by atoms with Crippen LogP contribution in [0.25, 0.3) is 0 Å². The lowest BCUT2D eigenvalue weighted by Crippen LogP contribution is -2.48. The van der Waals surface area contributed by atoms with E-state index in [4.69, 9.17) is 0 Å². The molecule has 1 atom stereocenters.